The van der Waals surface area contributed by atoms with E-state index < -0.39 is 17.7 Å². The molecule has 0 spiro atoms. The van der Waals surface area contributed by atoms with Crippen LogP contribution in [0.4, 0.5) is 0 Å². The summed E-state index contributed by atoms with van der Waals surface area (Å²) >= 11 is 0. The van der Waals surface area contributed by atoms with Crippen molar-refractivity contribution in [2.75, 3.05) is 26.2 Å². The number of Topliss-reactive ketones (excluding diaryl/α,β-unsaturated/α-hetero) is 1. The minimum Gasteiger partial charge on any atom is -0.505 e. The van der Waals surface area contributed by atoms with Crippen LogP contribution in [-0.4, -0.2) is 62.2 Å². The monoisotopic (exact) mass is 538 g/mol. The van der Waals surface area contributed by atoms with E-state index >= 15 is 0 Å². The van der Waals surface area contributed by atoms with Crippen LogP contribution in [0.2, 0.25) is 0 Å². The zero-order chi connectivity index (χ0) is 28.2. The molecule has 8 nitrogen and oxygen atoms in total. The largest absolute Gasteiger partial charge is 0.505 e. The Morgan fingerprint density at radius 1 is 1.00 bits per heavy atom. The summed E-state index contributed by atoms with van der Waals surface area (Å²) < 4.78 is 7.81. The van der Waals surface area contributed by atoms with Crippen molar-refractivity contribution in [1.82, 2.24) is 19.2 Å². The predicted octanol–water partition coefficient (Wildman–Crippen LogP) is 4.99. The fraction of sp³-hybridized carbons (Fsp3) is 0.281. The van der Waals surface area contributed by atoms with Crippen LogP contribution in [0.3, 0.4) is 0 Å². The highest BCUT2D eigenvalue weighted by molar-refractivity contribution is 6.46. The molecule has 5 rings (SSSR count). The summed E-state index contributed by atoms with van der Waals surface area (Å²) in [6, 6.07) is 22.0. The second-order valence-corrected chi connectivity index (χ2v) is 9.84. The maximum atomic E-state index is 13.6. The number of rotatable bonds is 10. The van der Waals surface area contributed by atoms with Crippen LogP contribution in [0.25, 0.3) is 11.4 Å². The Morgan fingerprint density at radius 3 is 2.50 bits per heavy atom. The number of imidazole rings is 1. The molecular formula is C32H34N4O4. The molecule has 40 heavy (non-hydrogen) atoms. The number of carbonyl (C=O) groups is 2. The molecule has 1 aliphatic rings. The van der Waals surface area contributed by atoms with Crippen LogP contribution in [0.5, 0.6) is 5.75 Å². The van der Waals surface area contributed by atoms with Gasteiger partial charge in [-0.05, 0) is 55.4 Å². The Bertz CT molecular complexity index is 1560. The number of pyridine rings is 1. The number of nitrogens with zero attached hydrogens (tertiary/aromatic N) is 4. The van der Waals surface area contributed by atoms with Gasteiger partial charge in [0, 0.05) is 19.3 Å². The number of ketones is 1. The molecule has 0 bridgehead atoms. The summed E-state index contributed by atoms with van der Waals surface area (Å²) in [4.78, 5) is 35.4. The van der Waals surface area contributed by atoms with Crippen molar-refractivity contribution in [3.63, 3.8) is 0 Å². The second kappa shape index (κ2) is 11.8. The molecule has 1 N–H and O–H groups in total. The van der Waals surface area contributed by atoms with Crippen LogP contribution in [0, 0.1) is 6.92 Å². The number of benzene rings is 2. The van der Waals surface area contributed by atoms with Gasteiger partial charge in [-0.2, -0.15) is 0 Å². The number of carbonyl (C=O) groups excluding carboxylic acids is 2. The summed E-state index contributed by atoms with van der Waals surface area (Å²) in [6.07, 6.45) is 1.79. The third kappa shape index (κ3) is 5.22. The number of aromatic nitrogens is 2. The van der Waals surface area contributed by atoms with E-state index in [-0.39, 0.29) is 11.3 Å². The number of amides is 1. The van der Waals surface area contributed by atoms with Gasteiger partial charge >= 0.3 is 0 Å². The molecule has 206 valence electrons. The minimum absolute atomic E-state index is 0.0542. The van der Waals surface area contributed by atoms with E-state index in [0.29, 0.717) is 48.0 Å². The number of likely N-dealkylation sites (N-methyl/N-ethyl adjacent to an activating group) is 1. The summed E-state index contributed by atoms with van der Waals surface area (Å²) in [7, 11) is 0. The van der Waals surface area contributed by atoms with Gasteiger partial charge in [-0.3, -0.25) is 14.0 Å². The van der Waals surface area contributed by atoms with Gasteiger partial charge in [-0.1, -0.05) is 62.4 Å². The maximum absolute atomic E-state index is 13.6. The fourth-order valence-electron chi connectivity index (χ4n) is 5.29. The number of hydrogen-bond donors (Lipinski definition) is 1. The Hall–Kier alpha value is -4.43. The molecule has 0 radical (unpaired) electrons. The summed E-state index contributed by atoms with van der Waals surface area (Å²) in [5, 5.41) is 11.7. The van der Waals surface area contributed by atoms with Gasteiger partial charge < -0.3 is 19.6 Å². The quantitative estimate of drug-likeness (QED) is 0.174. The number of aliphatic hydroxyl groups is 1. The molecule has 2 aromatic heterocycles. The van der Waals surface area contributed by atoms with Gasteiger partial charge in [0.2, 0.25) is 0 Å². The van der Waals surface area contributed by atoms with E-state index in [1.54, 1.807) is 22.4 Å². The van der Waals surface area contributed by atoms with Crippen molar-refractivity contribution in [2.24, 2.45) is 0 Å². The van der Waals surface area contributed by atoms with Crippen LogP contribution >= 0.6 is 0 Å². The average Bonchev–Trinajstić information content (AvgIpc) is 3.45. The second-order valence-electron chi connectivity index (χ2n) is 9.84. The van der Waals surface area contributed by atoms with Gasteiger partial charge in [0.15, 0.2) is 5.76 Å². The van der Waals surface area contributed by atoms with Gasteiger partial charge in [0.05, 0.1) is 17.3 Å². The highest BCUT2D eigenvalue weighted by atomic mass is 16.5. The molecule has 1 atom stereocenters. The smallest absolute Gasteiger partial charge is 0.295 e. The van der Waals surface area contributed by atoms with Gasteiger partial charge in [-0.25, -0.2) is 4.98 Å². The molecule has 4 aromatic rings. The fourth-order valence-corrected chi connectivity index (χ4v) is 5.29. The van der Waals surface area contributed by atoms with Crippen molar-refractivity contribution < 1.29 is 19.4 Å². The van der Waals surface area contributed by atoms with Crippen molar-refractivity contribution in [2.45, 2.75) is 33.4 Å². The van der Waals surface area contributed by atoms with Crippen molar-refractivity contribution >= 4 is 23.1 Å². The predicted molar refractivity (Wildman–Crippen MR) is 154 cm³/mol. The molecule has 1 aliphatic heterocycles. The number of hydrogen-bond acceptors (Lipinski definition) is 6. The molecular weight excluding hydrogens is 504 g/mol. The lowest BCUT2D eigenvalue weighted by Crippen LogP contribution is -2.38. The van der Waals surface area contributed by atoms with E-state index in [1.165, 1.54) is 0 Å². The molecule has 1 unspecified atom stereocenters. The first-order valence-electron chi connectivity index (χ1n) is 13.6. The molecule has 2 aromatic carbocycles. The molecule has 0 aliphatic carbocycles. The van der Waals surface area contributed by atoms with E-state index in [2.05, 4.69) is 23.7 Å². The third-order valence-corrected chi connectivity index (χ3v) is 7.44. The lowest BCUT2D eigenvalue weighted by Gasteiger charge is -2.28. The van der Waals surface area contributed by atoms with Crippen LogP contribution in [0.1, 0.15) is 42.4 Å². The maximum Gasteiger partial charge on any atom is 0.295 e. The van der Waals surface area contributed by atoms with Gasteiger partial charge in [0.1, 0.15) is 23.7 Å². The number of aliphatic hydroxyl groups excluding tert-OH is 1. The highest BCUT2D eigenvalue weighted by Crippen LogP contribution is 2.40. The SMILES string of the molecule is CCN(CC)CCN1C(=O)C(=O)C(=C(O)c2c(C)nc3ccccn23)C1c1cccc(OCc2ccccc2)c1. The Morgan fingerprint density at radius 2 is 1.75 bits per heavy atom. The van der Waals surface area contributed by atoms with Gasteiger partial charge in [-0.15, -0.1) is 0 Å². The highest BCUT2D eigenvalue weighted by Gasteiger charge is 2.46. The van der Waals surface area contributed by atoms with E-state index in [0.717, 1.165) is 18.7 Å². The van der Waals surface area contributed by atoms with Crippen LogP contribution in [-0.2, 0) is 16.2 Å². The Balaban J connectivity index is 1.58. The number of aryl methyl sites for hydroxylation is 1. The zero-order valence-corrected chi connectivity index (χ0v) is 23.1. The molecule has 1 amide bonds. The van der Waals surface area contributed by atoms with Crippen molar-refractivity contribution in [3.05, 3.63) is 107 Å². The minimum atomic E-state index is -0.774. The lowest BCUT2D eigenvalue weighted by atomic mass is 9.96. The van der Waals surface area contributed by atoms with E-state index in [1.807, 2.05) is 72.8 Å². The Kier molecular flexibility index (Phi) is 7.98. The van der Waals surface area contributed by atoms with Crippen LogP contribution < -0.4 is 4.74 Å². The topological polar surface area (TPSA) is 87.4 Å². The normalized spacial score (nSPS) is 16.8. The van der Waals surface area contributed by atoms with Gasteiger partial charge in [0.25, 0.3) is 11.7 Å². The van der Waals surface area contributed by atoms with E-state index in [4.69, 9.17) is 4.74 Å². The van der Waals surface area contributed by atoms with Crippen LogP contribution in [0.15, 0.2) is 84.6 Å². The number of ether oxygens (including phenoxy) is 1. The number of likely N-dealkylation sites (tertiary alicyclic amines) is 1. The first-order chi connectivity index (χ1) is 19.4. The summed E-state index contributed by atoms with van der Waals surface area (Å²) in [5.41, 5.74) is 3.39. The van der Waals surface area contributed by atoms with E-state index in [9.17, 15) is 14.7 Å². The zero-order valence-electron chi connectivity index (χ0n) is 23.1. The third-order valence-electron chi connectivity index (χ3n) is 7.44. The molecule has 1 fully saturated rings. The molecule has 8 heteroatoms. The summed E-state index contributed by atoms with van der Waals surface area (Å²) in [6.45, 7) is 8.90. The summed E-state index contributed by atoms with van der Waals surface area (Å²) in [5.74, 6) is -0.953. The Labute approximate surface area is 234 Å². The molecule has 1 saturated heterocycles. The number of fused-ring (bicyclic) bond motifs is 1. The first-order valence-corrected chi connectivity index (χ1v) is 13.6. The molecule has 3 heterocycles. The molecule has 0 saturated carbocycles. The lowest BCUT2D eigenvalue weighted by molar-refractivity contribution is -0.140. The van der Waals surface area contributed by atoms with Crippen molar-refractivity contribution in [1.29, 1.82) is 0 Å². The average molecular weight is 539 g/mol. The first kappa shape index (κ1) is 27.1. The standard InChI is InChI=1S/C32H34N4O4/c1-4-34(5-2)18-19-36-29(24-14-11-15-25(20-24)40-21-23-12-7-6-8-13-23)27(31(38)32(36)39)30(37)28-22(3)33-26-16-9-10-17-35(26)28/h6-17,20,29,37H,4-5,18-19,21H2,1-3H3. The van der Waals surface area contributed by atoms with Crippen molar-refractivity contribution in [3.8, 4) is 5.75 Å².